The Bertz CT molecular complexity index is 1130. The number of carboxylic acid groups (broad SMARTS) is 1. The fraction of sp³-hybridized carbons (Fsp3) is 0.0870. The van der Waals surface area contributed by atoms with Crippen molar-refractivity contribution in [3.05, 3.63) is 83.4 Å². The van der Waals surface area contributed by atoms with Gasteiger partial charge in [-0.25, -0.2) is 4.79 Å². The molecule has 0 radical (unpaired) electrons. The summed E-state index contributed by atoms with van der Waals surface area (Å²) < 4.78 is 0. The quantitative estimate of drug-likeness (QED) is 0.323. The molecule has 0 aromatic heterocycles. The van der Waals surface area contributed by atoms with Gasteiger partial charge >= 0.3 is 5.97 Å². The van der Waals surface area contributed by atoms with Gasteiger partial charge in [0.05, 0.1) is 5.75 Å². The van der Waals surface area contributed by atoms with Crippen molar-refractivity contribution in [1.82, 2.24) is 0 Å². The molecule has 0 saturated carbocycles. The molecule has 8 heteroatoms. The van der Waals surface area contributed by atoms with Gasteiger partial charge in [0.2, 0.25) is 5.91 Å². The van der Waals surface area contributed by atoms with E-state index < -0.39 is 5.97 Å². The molecular formula is C23H20N2O5S. The van der Waals surface area contributed by atoms with Crippen LogP contribution in [0.1, 0.15) is 26.3 Å². The minimum Gasteiger partial charge on any atom is -0.507 e. The maximum atomic E-state index is 12.4. The number of phenols is 1. The van der Waals surface area contributed by atoms with Crippen LogP contribution in [0.3, 0.4) is 0 Å². The van der Waals surface area contributed by atoms with Crippen molar-refractivity contribution in [3.63, 3.8) is 0 Å². The molecule has 0 bridgehead atoms. The van der Waals surface area contributed by atoms with E-state index in [1.807, 2.05) is 25.1 Å². The van der Waals surface area contributed by atoms with E-state index in [1.165, 1.54) is 30.0 Å². The Morgan fingerprint density at radius 3 is 2.32 bits per heavy atom. The van der Waals surface area contributed by atoms with Gasteiger partial charge in [0, 0.05) is 21.8 Å². The topological polar surface area (TPSA) is 116 Å². The Hall–Kier alpha value is -3.78. The molecule has 3 aromatic rings. The van der Waals surface area contributed by atoms with E-state index in [-0.39, 0.29) is 34.6 Å². The molecule has 0 unspecified atom stereocenters. The van der Waals surface area contributed by atoms with Crippen LogP contribution < -0.4 is 10.6 Å². The molecule has 4 N–H and O–H groups in total. The normalized spacial score (nSPS) is 10.4. The second-order valence-corrected chi connectivity index (χ2v) is 7.77. The van der Waals surface area contributed by atoms with E-state index in [0.717, 1.165) is 10.5 Å². The Morgan fingerprint density at radius 2 is 1.61 bits per heavy atom. The molecule has 0 spiro atoms. The number of carbonyl (C=O) groups is 3. The maximum absolute atomic E-state index is 12.4. The summed E-state index contributed by atoms with van der Waals surface area (Å²) >= 11 is 1.27. The average Bonchev–Trinajstić information content (AvgIpc) is 2.74. The first kappa shape index (κ1) is 21.9. The second kappa shape index (κ2) is 9.82. The molecule has 0 aliphatic rings. The number of benzene rings is 3. The summed E-state index contributed by atoms with van der Waals surface area (Å²) in [6.07, 6.45) is 0. The lowest BCUT2D eigenvalue weighted by Gasteiger charge is -2.09. The van der Waals surface area contributed by atoms with Gasteiger partial charge in [0.25, 0.3) is 5.91 Å². The number of carbonyl (C=O) groups excluding carboxylic acids is 2. The smallest absolute Gasteiger partial charge is 0.339 e. The lowest BCUT2D eigenvalue weighted by molar-refractivity contribution is -0.113. The number of aromatic carboxylic acids is 1. The Labute approximate surface area is 183 Å². The fourth-order valence-electron chi connectivity index (χ4n) is 2.70. The molecule has 31 heavy (non-hydrogen) atoms. The van der Waals surface area contributed by atoms with Gasteiger partial charge < -0.3 is 20.8 Å². The summed E-state index contributed by atoms with van der Waals surface area (Å²) in [4.78, 5) is 36.4. The molecular weight excluding hydrogens is 416 g/mol. The maximum Gasteiger partial charge on any atom is 0.339 e. The van der Waals surface area contributed by atoms with Gasteiger partial charge in [0.1, 0.15) is 11.3 Å². The van der Waals surface area contributed by atoms with Gasteiger partial charge in [-0.05, 0) is 55.5 Å². The first-order valence-corrected chi connectivity index (χ1v) is 10.3. The van der Waals surface area contributed by atoms with Gasteiger partial charge in [-0.15, -0.1) is 11.8 Å². The van der Waals surface area contributed by atoms with Crippen LogP contribution in [0.5, 0.6) is 5.75 Å². The van der Waals surface area contributed by atoms with Crippen molar-refractivity contribution >= 4 is 40.9 Å². The van der Waals surface area contributed by atoms with Crippen LogP contribution in [0.4, 0.5) is 11.4 Å². The Kier molecular flexibility index (Phi) is 6.94. The number of anilines is 2. The molecule has 158 valence electrons. The highest BCUT2D eigenvalue weighted by Crippen LogP contribution is 2.24. The molecule has 0 aliphatic carbocycles. The van der Waals surface area contributed by atoms with Crippen molar-refractivity contribution in [3.8, 4) is 5.75 Å². The molecule has 0 heterocycles. The number of amides is 2. The van der Waals surface area contributed by atoms with Crippen molar-refractivity contribution in [2.75, 3.05) is 16.4 Å². The second-order valence-electron chi connectivity index (χ2n) is 6.72. The largest absolute Gasteiger partial charge is 0.507 e. The molecule has 0 fully saturated rings. The number of rotatable bonds is 7. The molecule has 3 rings (SSSR count). The van der Waals surface area contributed by atoms with Crippen molar-refractivity contribution in [2.24, 2.45) is 0 Å². The number of carboxylic acids is 1. The predicted molar refractivity (Wildman–Crippen MR) is 120 cm³/mol. The van der Waals surface area contributed by atoms with E-state index in [2.05, 4.69) is 10.6 Å². The third kappa shape index (κ3) is 6.10. The van der Waals surface area contributed by atoms with Crippen LogP contribution in [0.2, 0.25) is 0 Å². The highest BCUT2D eigenvalue weighted by Gasteiger charge is 2.12. The third-order valence-corrected chi connectivity index (χ3v) is 5.28. The van der Waals surface area contributed by atoms with Gasteiger partial charge in [0.15, 0.2) is 0 Å². The number of aromatic hydroxyl groups is 1. The standard InChI is InChI=1S/C23H20N2O5S/c1-14-5-7-15(8-6-14)22(28)25-16-3-2-4-18(11-16)31-13-21(27)24-17-9-10-20(26)19(12-17)23(29)30/h2-12,26H,13H2,1H3,(H,24,27)(H,25,28)(H,29,30). The van der Waals surface area contributed by atoms with Gasteiger partial charge in [-0.1, -0.05) is 23.8 Å². The van der Waals surface area contributed by atoms with Gasteiger partial charge in [-0.3, -0.25) is 9.59 Å². The Balaban J connectivity index is 1.58. The van der Waals surface area contributed by atoms with Crippen LogP contribution in [0.25, 0.3) is 0 Å². The molecule has 0 saturated heterocycles. The minimum atomic E-state index is -1.28. The van der Waals surface area contributed by atoms with Crippen molar-refractivity contribution < 1.29 is 24.6 Å². The summed E-state index contributed by atoms with van der Waals surface area (Å²) in [7, 11) is 0. The number of hydrogen-bond donors (Lipinski definition) is 4. The van der Waals surface area contributed by atoms with Crippen molar-refractivity contribution in [2.45, 2.75) is 11.8 Å². The summed E-state index contributed by atoms with van der Waals surface area (Å²) in [5.41, 5.74) is 2.22. The summed E-state index contributed by atoms with van der Waals surface area (Å²) in [6.45, 7) is 1.95. The zero-order valence-electron chi connectivity index (χ0n) is 16.6. The van der Waals surface area contributed by atoms with Crippen LogP contribution in [-0.4, -0.2) is 33.7 Å². The first-order chi connectivity index (χ1) is 14.8. The molecule has 2 amide bonds. The monoisotopic (exact) mass is 436 g/mol. The van der Waals surface area contributed by atoms with E-state index in [1.54, 1.807) is 30.3 Å². The van der Waals surface area contributed by atoms with Crippen LogP contribution in [-0.2, 0) is 4.79 Å². The predicted octanol–water partition coefficient (Wildman–Crippen LogP) is 4.38. The highest BCUT2D eigenvalue weighted by molar-refractivity contribution is 8.00. The van der Waals surface area contributed by atoms with Crippen LogP contribution >= 0.6 is 11.8 Å². The number of thioether (sulfide) groups is 1. The number of nitrogens with one attached hydrogen (secondary N) is 2. The molecule has 7 nitrogen and oxygen atoms in total. The molecule has 3 aromatic carbocycles. The fourth-order valence-corrected chi connectivity index (χ4v) is 3.46. The molecule has 0 atom stereocenters. The lowest BCUT2D eigenvalue weighted by atomic mass is 10.1. The zero-order valence-corrected chi connectivity index (χ0v) is 17.4. The Morgan fingerprint density at radius 1 is 0.903 bits per heavy atom. The number of aryl methyl sites for hydroxylation is 1. The van der Waals surface area contributed by atoms with E-state index in [4.69, 9.17) is 5.11 Å². The summed E-state index contributed by atoms with van der Waals surface area (Å²) in [5, 5.41) is 24.0. The zero-order chi connectivity index (χ0) is 22.4. The number of hydrogen-bond acceptors (Lipinski definition) is 5. The van der Waals surface area contributed by atoms with E-state index in [0.29, 0.717) is 11.3 Å². The highest BCUT2D eigenvalue weighted by atomic mass is 32.2. The minimum absolute atomic E-state index is 0.0820. The first-order valence-electron chi connectivity index (χ1n) is 9.29. The van der Waals surface area contributed by atoms with Crippen molar-refractivity contribution in [1.29, 1.82) is 0 Å². The summed E-state index contributed by atoms with van der Waals surface area (Å²) in [5.74, 6) is -2.13. The van der Waals surface area contributed by atoms with Crippen LogP contribution in [0, 0.1) is 6.92 Å². The van der Waals surface area contributed by atoms with Crippen LogP contribution in [0.15, 0.2) is 71.6 Å². The SMILES string of the molecule is Cc1ccc(C(=O)Nc2cccc(SCC(=O)Nc3ccc(O)c(C(=O)O)c3)c2)cc1. The summed E-state index contributed by atoms with van der Waals surface area (Å²) in [6, 6.07) is 18.2. The van der Waals surface area contributed by atoms with E-state index >= 15 is 0 Å². The molecule has 0 aliphatic heterocycles. The van der Waals surface area contributed by atoms with Gasteiger partial charge in [-0.2, -0.15) is 0 Å². The lowest BCUT2D eigenvalue weighted by Crippen LogP contribution is -2.14. The average molecular weight is 436 g/mol. The van der Waals surface area contributed by atoms with E-state index in [9.17, 15) is 19.5 Å². The third-order valence-electron chi connectivity index (χ3n) is 4.29.